The van der Waals surface area contributed by atoms with Crippen LogP contribution in [0.25, 0.3) is 0 Å². The summed E-state index contributed by atoms with van der Waals surface area (Å²) in [5.74, 6) is 2.73. The average molecular weight is 278 g/mol. The van der Waals surface area contributed by atoms with Gasteiger partial charge in [-0.15, -0.1) is 0 Å². The van der Waals surface area contributed by atoms with Crippen molar-refractivity contribution in [1.29, 1.82) is 0 Å². The lowest BCUT2D eigenvalue weighted by atomic mass is 9.96. The summed E-state index contributed by atoms with van der Waals surface area (Å²) in [5.41, 5.74) is -0.0474. The fourth-order valence-corrected chi connectivity index (χ4v) is 1.90. The van der Waals surface area contributed by atoms with E-state index in [0.29, 0.717) is 6.04 Å². The zero-order valence-electron chi connectivity index (χ0n) is 13.9. The molecule has 1 aromatic rings. The van der Waals surface area contributed by atoms with Gasteiger partial charge in [0.25, 0.3) is 0 Å². The van der Waals surface area contributed by atoms with E-state index in [1.165, 1.54) is 0 Å². The maximum atomic E-state index is 4.69. The predicted molar refractivity (Wildman–Crippen MR) is 87.5 cm³/mol. The Morgan fingerprint density at radius 2 is 1.65 bits per heavy atom. The van der Waals surface area contributed by atoms with E-state index >= 15 is 0 Å². The fraction of sp³-hybridized carbons (Fsp3) is 0.750. The van der Waals surface area contributed by atoms with E-state index in [-0.39, 0.29) is 5.41 Å². The molecule has 0 saturated carbocycles. The molecule has 1 heterocycles. The lowest BCUT2D eigenvalue weighted by Crippen LogP contribution is -2.22. The van der Waals surface area contributed by atoms with Crippen LogP contribution in [-0.4, -0.2) is 22.6 Å². The van der Waals surface area contributed by atoms with Crippen LogP contribution >= 0.6 is 0 Å². The van der Waals surface area contributed by atoms with Crippen LogP contribution in [0.15, 0.2) is 6.07 Å². The number of anilines is 2. The summed E-state index contributed by atoms with van der Waals surface area (Å²) in [6.45, 7) is 13.9. The van der Waals surface area contributed by atoms with Crippen LogP contribution in [0.5, 0.6) is 0 Å². The Kier molecular flexibility index (Phi) is 6.24. The van der Waals surface area contributed by atoms with Crippen LogP contribution in [0.4, 0.5) is 11.6 Å². The van der Waals surface area contributed by atoms with Gasteiger partial charge in [-0.05, 0) is 19.3 Å². The lowest BCUT2D eigenvalue weighted by molar-refractivity contribution is 0.545. The van der Waals surface area contributed by atoms with Gasteiger partial charge < -0.3 is 10.6 Å². The van der Waals surface area contributed by atoms with Gasteiger partial charge >= 0.3 is 0 Å². The van der Waals surface area contributed by atoms with Gasteiger partial charge in [0.2, 0.25) is 0 Å². The van der Waals surface area contributed by atoms with Gasteiger partial charge in [-0.2, -0.15) is 0 Å². The van der Waals surface area contributed by atoms with Crippen LogP contribution in [-0.2, 0) is 5.41 Å². The molecule has 0 saturated heterocycles. The normalized spacial score (nSPS) is 11.8. The first-order valence-corrected chi connectivity index (χ1v) is 7.80. The first-order chi connectivity index (χ1) is 9.40. The second-order valence-corrected chi connectivity index (χ2v) is 6.30. The summed E-state index contributed by atoms with van der Waals surface area (Å²) < 4.78 is 0. The van der Waals surface area contributed by atoms with E-state index in [0.717, 1.165) is 43.3 Å². The zero-order chi connectivity index (χ0) is 15.2. The smallest absolute Gasteiger partial charge is 0.138 e. The van der Waals surface area contributed by atoms with Crippen molar-refractivity contribution in [3.8, 4) is 0 Å². The van der Waals surface area contributed by atoms with Gasteiger partial charge in [0, 0.05) is 24.1 Å². The molecule has 20 heavy (non-hydrogen) atoms. The number of hydrogen-bond donors (Lipinski definition) is 2. The van der Waals surface area contributed by atoms with E-state index < -0.39 is 0 Å². The van der Waals surface area contributed by atoms with Gasteiger partial charge in [-0.1, -0.05) is 41.5 Å². The summed E-state index contributed by atoms with van der Waals surface area (Å²) in [7, 11) is 0. The van der Waals surface area contributed by atoms with Gasteiger partial charge in [-0.3, -0.25) is 0 Å². The summed E-state index contributed by atoms with van der Waals surface area (Å²) >= 11 is 0. The topological polar surface area (TPSA) is 49.8 Å². The molecule has 0 atom stereocenters. The van der Waals surface area contributed by atoms with Gasteiger partial charge in [0.1, 0.15) is 17.5 Å². The van der Waals surface area contributed by atoms with Crippen molar-refractivity contribution in [3.63, 3.8) is 0 Å². The molecular weight excluding hydrogens is 248 g/mol. The van der Waals surface area contributed by atoms with E-state index in [1.807, 2.05) is 6.07 Å². The molecular formula is C16H30N4. The summed E-state index contributed by atoms with van der Waals surface area (Å²) in [5, 5.41) is 6.88. The van der Waals surface area contributed by atoms with Crippen molar-refractivity contribution < 1.29 is 0 Å². The minimum absolute atomic E-state index is 0.0474. The fourth-order valence-electron chi connectivity index (χ4n) is 1.90. The molecule has 1 aromatic heterocycles. The summed E-state index contributed by atoms with van der Waals surface area (Å²) in [6.07, 6.45) is 3.29. The van der Waals surface area contributed by atoms with Gasteiger partial charge in [0.15, 0.2) is 0 Å². The largest absolute Gasteiger partial charge is 0.370 e. The van der Waals surface area contributed by atoms with E-state index in [1.54, 1.807) is 0 Å². The molecule has 0 spiro atoms. The van der Waals surface area contributed by atoms with Crippen molar-refractivity contribution >= 4 is 11.6 Å². The lowest BCUT2D eigenvalue weighted by Gasteiger charge is -2.21. The molecule has 0 bridgehead atoms. The second-order valence-electron chi connectivity index (χ2n) is 6.30. The number of hydrogen-bond acceptors (Lipinski definition) is 4. The molecule has 114 valence electrons. The minimum Gasteiger partial charge on any atom is -0.370 e. The van der Waals surface area contributed by atoms with Crippen LogP contribution in [0.1, 0.15) is 66.6 Å². The van der Waals surface area contributed by atoms with Gasteiger partial charge in [-0.25, -0.2) is 9.97 Å². The average Bonchev–Trinajstić information content (AvgIpc) is 2.41. The molecule has 0 radical (unpaired) electrons. The second kappa shape index (κ2) is 7.46. The first kappa shape index (κ1) is 16.7. The predicted octanol–water partition coefficient (Wildman–Crippen LogP) is 4.20. The maximum absolute atomic E-state index is 4.69. The van der Waals surface area contributed by atoms with Crippen LogP contribution < -0.4 is 10.6 Å². The van der Waals surface area contributed by atoms with E-state index in [9.17, 15) is 0 Å². The Bertz CT molecular complexity index is 405. The van der Waals surface area contributed by atoms with E-state index in [4.69, 9.17) is 0 Å². The number of nitrogens with zero attached hydrogens (tertiary/aromatic N) is 2. The highest BCUT2D eigenvalue weighted by Gasteiger charge is 2.19. The molecule has 0 aliphatic heterocycles. The van der Waals surface area contributed by atoms with Crippen molar-refractivity contribution in [2.75, 3.05) is 17.2 Å². The third kappa shape index (κ3) is 4.99. The molecule has 1 rings (SSSR count). The summed E-state index contributed by atoms with van der Waals surface area (Å²) in [6, 6.07) is 2.49. The third-order valence-electron chi connectivity index (χ3n) is 3.29. The minimum atomic E-state index is -0.0474. The van der Waals surface area contributed by atoms with E-state index in [2.05, 4.69) is 62.1 Å². The summed E-state index contributed by atoms with van der Waals surface area (Å²) in [4.78, 5) is 9.33. The molecule has 0 fully saturated rings. The highest BCUT2D eigenvalue weighted by Crippen LogP contribution is 2.23. The first-order valence-electron chi connectivity index (χ1n) is 7.80. The van der Waals surface area contributed by atoms with Crippen molar-refractivity contribution in [1.82, 2.24) is 9.97 Å². The van der Waals surface area contributed by atoms with Crippen molar-refractivity contribution in [2.24, 2.45) is 0 Å². The quantitative estimate of drug-likeness (QED) is 0.785. The van der Waals surface area contributed by atoms with Crippen LogP contribution in [0, 0.1) is 0 Å². The Labute approximate surface area is 123 Å². The Morgan fingerprint density at radius 1 is 1.05 bits per heavy atom. The molecule has 4 nitrogen and oxygen atoms in total. The number of aromatic nitrogens is 2. The Hall–Kier alpha value is -1.32. The van der Waals surface area contributed by atoms with Crippen LogP contribution in [0.2, 0.25) is 0 Å². The standard InChI is InChI=1S/C16H30N4/c1-7-10-17-13-11-14(18-12(8-2)9-3)20-15(19-13)16(4,5)6/h11-12H,7-10H2,1-6H3,(H2,17,18,19,20). The number of rotatable bonds is 7. The van der Waals surface area contributed by atoms with Crippen molar-refractivity contribution in [2.45, 2.75) is 72.3 Å². The van der Waals surface area contributed by atoms with Crippen molar-refractivity contribution in [3.05, 3.63) is 11.9 Å². The monoisotopic (exact) mass is 278 g/mol. The molecule has 0 aromatic carbocycles. The van der Waals surface area contributed by atoms with Crippen LogP contribution in [0.3, 0.4) is 0 Å². The molecule has 0 amide bonds. The highest BCUT2D eigenvalue weighted by atomic mass is 15.1. The zero-order valence-corrected chi connectivity index (χ0v) is 13.9. The van der Waals surface area contributed by atoms with Gasteiger partial charge in [0.05, 0.1) is 0 Å². The molecule has 0 unspecified atom stereocenters. The third-order valence-corrected chi connectivity index (χ3v) is 3.29. The SMILES string of the molecule is CCCNc1cc(NC(CC)CC)nc(C(C)(C)C)n1. The Balaban J connectivity index is 3.03. The molecule has 2 N–H and O–H groups in total. The molecule has 4 heteroatoms. The molecule has 0 aliphatic rings. The maximum Gasteiger partial charge on any atom is 0.138 e. The molecule has 0 aliphatic carbocycles. The highest BCUT2D eigenvalue weighted by molar-refractivity contribution is 5.48. The number of nitrogens with one attached hydrogen (secondary N) is 2. The Morgan fingerprint density at radius 3 is 2.15 bits per heavy atom.